The minimum absolute atomic E-state index is 0.304. The second-order valence-electron chi connectivity index (χ2n) is 6.92. The quantitative estimate of drug-likeness (QED) is 0.359. The maximum absolute atomic E-state index is 12.7. The van der Waals surface area contributed by atoms with Crippen LogP contribution in [0.15, 0.2) is 43.0 Å². The van der Waals surface area contributed by atoms with Crippen molar-refractivity contribution in [3.63, 3.8) is 0 Å². The Morgan fingerprint density at radius 2 is 2.12 bits per heavy atom. The van der Waals surface area contributed by atoms with Crippen LogP contribution in [0, 0.1) is 5.92 Å². The van der Waals surface area contributed by atoms with E-state index in [4.69, 9.17) is 18.9 Å². The van der Waals surface area contributed by atoms with E-state index in [0.717, 1.165) is 18.4 Å². The number of benzene rings is 1. The molecule has 0 spiro atoms. The highest BCUT2D eigenvalue weighted by atomic mass is 16.7. The molecule has 5 nitrogen and oxygen atoms in total. The topological polar surface area (TPSA) is 54.0 Å². The summed E-state index contributed by atoms with van der Waals surface area (Å²) in [7, 11) is 0. The molecule has 0 saturated carbocycles. The van der Waals surface area contributed by atoms with E-state index in [-0.39, 0.29) is 18.0 Å². The zero-order valence-corrected chi connectivity index (χ0v) is 16.0. The van der Waals surface area contributed by atoms with E-state index in [9.17, 15) is 4.79 Å². The van der Waals surface area contributed by atoms with Gasteiger partial charge in [0.25, 0.3) is 0 Å². The highest BCUT2D eigenvalue weighted by molar-refractivity contribution is 5.75. The fourth-order valence-electron chi connectivity index (χ4n) is 2.87. The van der Waals surface area contributed by atoms with Crippen LogP contribution < -0.4 is 0 Å². The summed E-state index contributed by atoms with van der Waals surface area (Å²) in [4.78, 5) is 12.7. The van der Waals surface area contributed by atoms with E-state index < -0.39 is 11.9 Å². The average molecular weight is 362 g/mol. The molecule has 1 aliphatic heterocycles. The Hall–Kier alpha value is -1.69. The molecule has 1 aromatic rings. The van der Waals surface area contributed by atoms with Gasteiger partial charge in [-0.2, -0.15) is 0 Å². The largest absolute Gasteiger partial charge is 0.464 e. The molecule has 0 amide bonds. The molecule has 0 aliphatic carbocycles. The van der Waals surface area contributed by atoms with Crippen molar-refractivity contribution >= 4 is 5.97 Å². The first-order valence-electron chi connectivity index (χ1n) is 9.23. The molecule has 1 aromatic carbocycles. The Labute approximate surface area is 156 Å². The van der Waals surface area contributed by atoms with Gasteiger partial charge in [0, 0.05) is 5.92 Å². The number of rotatable bonds is 10. The van der Waals surface area contributed by atoms with Gasteiger partial charge in [0.15, 0.2) is 11.9 Å². The van der Waals surface area contributed by atoms with Gasteiger partial charge in [0.05, 0.1) is 25.9 Å². The summed E-state index contributed by atoms with van der Waals surface area (Å²) in [5.74, 6) is -1.41. The van der Waals surface area contributed by atoms with E-state index in [1.807, 2.05) is 44.2 Å². The van der Waals surface area contributed by atoms with E-state index in [0.29, 0.717) is 19.8 Å². The lowest BCUT2D eigenvalue weighted by molar-refractivity contribution is -0.171. The van der Waals surface area contributed by atoms with Gasteiger partial charge < -0.3 is 18.9 Å². The molecule has 144 valence electrons. The SMILES string of the molecule is C=C[C@H]([C@@H]1COC(C)(C)O1)[C@@H](OCc1ccccc1)C(=O)OCCCC. The Morgan fingerprint density at radius 3 is 2.69 bits per heavy atom. The molecule has 1 heterocycles. The summed E-state index contributed by atoms with van der Waals surface area (Å²) >= 11 is 0. The molecule has 0 N–H and O–H groups in total. The van der Waals surface area contributed by atoms with Crippen molar-refractivity contribution in [1.29, 1.82) is 0 Å². The highest BCUT2D eigenvalue weighted by Crippen LogP contribution is 2.30. The van der Waals surface area contributed by atoms with Crippen LogP contribution in [0.25, 0.3) is 0 Å². The van der Waals surface area contributed by atoms with Crippen LogP contribution in [0.3, 0.4) is 0 Å². The van der Waals surface area contributed by atoms with Gasteiger partial charge in [-0.15, -0.1) is 6.58 Å². The Kier molecular flexibility index (Phi) is 7.82. The summed E-state index contributed by atoms with van der Waals surface area (Å²) < 4.78 is 23.0. The molecule has 2 rings (SSSR count). The lowest BCUT2D eigenvalue weighted by Crippen LogP contribution is -2.41. The number of esters is 1. The van der Waals surface area contributed by atoms with Crippen molar-refractivity contribution < 1.29 is 23.7 Å². The van der Waals surface area contributed by atoms with Crippen LogP contribution in [0.1, 0.15) is 39.2 Å². The van der Waals surface area contributed by atoms with E-state index in [1.54, 1.807) is 6.08 Å². The molecule has 1 fully saturated rings. The van der Waals surface area contributed by atoms with E-state index >= 15 is 0 Å². The zero-order valence-electron chi connectivity index (χ0n) is 16.0. The van der Waals surface area contributed by atoms with Crippen LogP contribution in [0.2, 0.25) is 0 Å². The van der Waals surface area contributed by atoms with Crippen molar-refractivity contribution in [2.24, 2.45) is 5.92 Å². The Bertz CT molecular complexity index is 569. The monoisotopic (exact) mass is 362 g/mol. The number of hydrogen-bond acceptors (Lipinski definition) is 5. The second kappa shape index (κ2) is 9.86. The van der Waals surface area contributed by atoms with Gasteiger partial charge in [0.2, 0.25) is 0 Å². The van der Waals surface area contributed by atoms with Gasteiger partial charge in [-0.25, -0.2) is 4.79 Å². The summed E-state index contributed by atoms with van der Waals surface area (Å²) in [6.45, 7) is 10.7. The lowest BCUT2D eigenvalue weighted by atomic mass is 9.96. The summed E-state index contributed by atoms with van der Waals surface area (Å²) in [5.41, 5.74) is 0.991. The van der Waals surface area contributed by atoms with Crippen molar-refractivity contribution in [2.75, 3.05) is 13.2 Å². The fraction of sp³-hybridized carbons (Fsp3) is 0.571. The molecule has 0 bridgehead atoms. The van der Waals surface area contributed by atoms with Crippen LogP contribution >= 0.6 is 0 Å². The third kappa shape index (κ3) is 5.94. The average Bonchev–Trinajstić information content (AvgIpc) is 2.99. The van der Waals surface area contributed by atoms with Gasteiger partial charge in [0.1, 0.15) is 0 Å². The van der Waals surface area contributed by atoms with Crippen molar-refractivity contribution in [3.05, 3.63) is 48.6 Å². The maximum Gasteiger partial charge on any atom is 0.335 e. The van der Waals surface area contributed by atoms with E-state index in [2.05, 4.69) is 13.5 Å². The van der Waals surface area contributed by atoms with Crippen molar-refractivity contribution in [1.82, 2.24) is 0 Å². The first-order valence-corrected chi connectivity index (χ1v) is 9.23. The Balaban J connectivity index is 2.09. The van der Waals surface area contributed by atoms with Crippen LogP contribution in [0.5, 0.6) is 0 Å². The number of hydrogen-bond donors (Lipinski definition) is 0. The van der Waals surface area contributed by atoms with Crippen molar-refractivity contribution in [2.45, 2.75) is 58.2 Å². The first-order chi connectivity index (χ1) is 12.5. The maximum atomic E-state index is 12.7. The summed E-state index contributed by atoms with van der Waals surface area (Å²) in [5, 5.41) is 0. The van der Waals surface area contributed by atoms with E-state index in [1.165, 1.54) is 0 Å². The number of unbranched alkanes of at least 4 members (excludes halogenated alkanes) is 1. The number of ether oxygens (including phenoxy) is 4. The standard InChI is InChI=1S/C21H30O5/c1-5-7-13-23-20(22)19(24-14-16-11-9-8-10-12-16)17(6-2)18-15-25-21(3,4)26-18/h6,8-12,17-19H,2,5,7,13-15H2,1,3-4H3/t17-,18+,19-/m1/s1. The number of carbonyl (C=O) groups is 1. The lowest BCUT2D eigenvalue weighted by Gasteiger charge is -2.28. The van der Waals surface area contributed by atoms with Gasteiger partial charge in [-0.3, -0.25) is 0 Å². The molecule has 0 aromatic heterocycles. The molecule has 26 heavy (non-hydrogen) atoms. The van der Waals surface area contributed by atoms with Crippen LogP contribution in [0.4, 0.5) is 0 Å². The molecular weight excluding hydrogens is 332 g/mol. The fourth-order valence-corrected chi connectivity index (χ4v) is 2.87. The van der Waals surface area contributed by atoms with Gasteiger partial charge in [-0.1, -0.05) is 49.8 Å². The minimum Gasteiger partial charge on any atom is -0.464 e. The molecule has 0 radical (unpaired) electrons. The molecule has 5 heteroatoms. The predicted molar refractivity (Wildman–Crippen MR) is 99.5 cm³/mol. The molecule has 1 saturated heterocycles. The molecule has 3 atom stereocenters. The first kappa shape index (κ1) is 20.6. The van der Waals surface area contributed by atoms with Crippen LogP contribution in [-0.4, -0.2) is 37.2 Å². The number of carbonyl (C=O) groups excluding carboxylic acids is 1. The predicted octanol–water partition coefficient (Wildman–Crippen LogP) is 3.87. The zero-order chi connectivity index (χ0) is 19.0. The molecular formula is C21H30O5. The highest BCUT2D eigenvalue weighted by Gasteiger charge is 2.42. The molecule has 1 aliphatic rings. The third-order valence-corrected chi connectivity index (χ3v) is 4.33. The van der Waals surface area contributed by atoms with Crippen molar-refractivity contribution in [3.8, 4) is 0 Å². The second-order valence-corrected chi connectivity index (χ2v) is 6.92. The van der Waals surface area contributed by atoms with Gasteiger partial charge in [-0.05, 0) is 25.8 Å². The smallest absolute Gasteiger partial charge is 0.335 e. The van der Waals surface area contributed by atoms with Gasteiger partial charge >= 0.3 is 5.97 Å². The summed E-state index contributed by atoms with van der Waals surface area (Å²) in [6, 6.07) is 9.74. The van der Waals surface area contributed by atoms with Crippen LogP contribution in [-0.2, 0) is 30.3 Å². The Morgan fingerprint density at radius 1 is 1.38 bits per heavy atom. The minimum atomic E-state index is -0.785. The normalized spacial score (nSPS) is 21.1. The summed E-state index contributed by atoms with van der Waals surface area (Å²) in [6.07, 6.45) is 2.40. The molecule has 0 unspecified atom stereocenters. The third-order valence-electron chi connectivity index (χ3n) is 4.33.